The summed E-state index contributed by atoms with van der Waals surface area (Å²) in [6.45, 7) is 11.0. The molecule has 4 saturated carbocycles. The molecule has 2 nitrogen and oxygen atoms in total. The molecule has 0 heterocycles. The number of hydrogen-bond donors (Lipinski definition) is 0. The minimum atomic E-state index is -0.181. The molecule has 0 aliphatic heterocycles. The summed E-state index contributed by atoms with van der Waals surface area (Å²) in [4.78, 5) is 13.2. The van der Waals surface area contributed by atoms with Crippen LogP contribution < -0.4 is 0 Å². The van der Waals surface area contributed by atoms with Gasteiger partial charge in [-0.25, -0.2) is 0 Å². The average molecular weight is 393 g/mol. The number of carbonyl (C=O) groups is 1. The van der Waals surface area contributed by atoms with E-state index in [4.69, 9.17) is 4.74 Å². The van der Waals surface area contributed by atoms with Crippen molar-refractivity contribution in [1.29, 1.82) is 0 Å². The fourth-order valence-corrected chi connectivity index (χ4v) is 8.68. The van der Waals surface area contributed by atoms with Gasteiger partial charge >= 0.3 is 0 Å². The summed E-state index contributed by atoms with van der Waals surface area (Å²) in [6.07, 6.45) is 10.2. The second-order valence-electron chi connectivity index (χ2n) is 11.0. The monoisotopic (exact) mass is 392 g/mol. The van der Waals surface area contributed by atoms with Crippen LogP contribution in [0.3, 0.4) is 0 Å². The molecule has 4 aliphatic carbocycles. The molecule has 0 N–H and O–H groups in total. The van der Waals surface area contributed by atoms with Crippen molar-refractivity contribution in [2.75, 3.05) is 6.61 Å². The fraction of sp³-hybridized carbons (Fsp3) is 0.667. The second kappa shape index (κ2) is 6.54. The molecule has 1 aromatic rings. The van der Waals surface area contributed by atoms with Crippen molar-refractivity contribution in [3.8, 4) is 0 Å². The van der Waals surface area contributed by atoms with E-state index >= 15 is 0 Å². The molecule has 0 amide bonds. The zero-order valence-corrected chi connectivity index (χ0v) is 18.3. The topological polar surface area (TPSA) is 26.3 Å². The molecule has 0 radical (unpaired) electrons. The summed E-state index contributed by atoms with van der Waals surface area (Å²) in [5.41, 5.74) is 2.96. The minimum Gasteiger partial charge on any atom is -0.376 e. The van der Waals surface area contributed by atoms with Crippen molar-refractivity contribution in [2.45, 2.75) is 78.2 Å². The Hall–Kier alpha value is -1.41. The molecule has 4 aliphatic rings. The van der Waals surface area contributed by atoms with Gasteiger partial charge in [0.2, 0.25) is 0 Å². The van der Waals surface area contributed by atoms with E-state index < -0.39 is 0 Å². The fourth-order valence-electron chi connectivity index (χ4n) is 8.68. The summed E-state index contributed by atoms with van der Waals surface area (Å²) in [5, 5.41) is 0. The lowest BCUT2D eigenvalue weighted by atomic mass is 9.26. The van der Waals surface area contributed by atoms with Crippen molar-refractivity contribution < 1.29 is 9.53 Å². The number of ketones is 1. The van der Waals surface area contributed by atoms with Crippen LogP contribution in [0.4, 0.5) is 0 Å². The lowest BCUT2D eigenvalue weighted by molar-refractivity contribution is -0.240. The molecule has 156 valence electrons. The van der Waals surface area contributed by atoms with Gasteiger partial charge in [0.05, 0.1) is 18.6 Å². The maximum atomic E-state index is 13.2. The normalized spacial score (nSPS) is 43.7. The van der Waals surface area contributed by atoms with Gasteiger partial charge in [0.15, 0.2) is 0 Å². The van der Waals surface area contributed by atoms with Crippen LogP contribution in [0, 0.1) is 27.6 Å². The van der Waals surface area contributed by atoms with Gasteiger partial charge in [-0.1, -0.05) is 62.8 Å². The van der Waals surface area contributed by atoms with Crippen LogP contribution in [0.15, 0.2) is 42.5 Å². The van der Waals surface area contributed by atoms with Gasteiger partial charge in [0, 0.05) is 6.42 Å². The zero-order valence-electron chi connectivity index (χ0n) is 18.3. The van der Waals surface area contributed by atoms with E-state index in [0.717, 1.165) is 38.7 Å². The zero-order chi connectivity index (χ0) is 20.3. The number of rotatable bonds is 4. The number of fused-ring (bicyclic) bond motifs is 1. The quantitative estimate of drug-likeness (QED) is 0.547. The molecule has 4 fully saturated rings. The molecule has 29 heavy (non-hydrogen) atoms. The first-order chi connectivity index (χ1) is 13.9. The Balaban J connectivity index is 1.41. The Morgan fingerprint density at radius 1 is 1.07 bits per heavy atom. The van der Waals surface area contributed by atoms with Crippen LogP contribution in [-0.4, -0.2) is 12.4 Å². The Kier molecular flexibility index (Phi) is 4.41. The third-order valence-electron chi connectivity index (χ3n) is 9.92. The van der Waals surface area contributed by atoms with Gasteiger partial charge in [-0.2, -0.15) is 0 Å². The molecule has 5 rings (SSSR count). The molecular weight excluding hydrogens is 356 g/mol. The van der Waals surface area contributed by atoms with Crippen LogP contribution in [0.1, 0.15) is 77.2 Å². The number of ether oxygens (including phenoxy) is 1. The number of Topliss-reactive ketones (excluding diaryl/α,β-unsaturated/α-hetero) is 1. The van der Waals surface area contributed by atoms with Crippen LogP contribution in [0.5, 0.6) is 0 Å². The predicted molar refractivity (Wildman–Crippen MR) is 116 cm³/mol. The highest BCUT2D eigenvalue weighted by atomic mass is 16.5. The second-order valence-corrected chi connectivity index (χ2v) is 11.0. The molecule has 1 aromatic carbocycles. The minimum absolute atomic E-state index is 0.177. The molecule has 0 bridgehead atoms. The lowest BCUT2D eigenvalue weighted by Crippen LogP contribution is -2.72. The van der Waals surface area contributed by atoms with E-state index in [2.05, 4.69) is 50.8 Å². The highest BCUT2D eigenvalue weighted by molar-refractivity contribution is 5.92. The summed E-state index contributed by atoms with van der Waals surface area (Å²) in [5.74, 6) is 1.17. The van der Waals surface area contributed by atoms with Crippen molar-refractivity contribution >= 4 is 5.78 Å². The van der Waals surface area contributed by atoms with E-state index in [-0.39, 0.29) is 21.7 Å². The van der Waals surface area contributed by atoms with Gasteiger partial charge in [-0.05, 0) is 72.7 Å². The van der Waals surface area contributed by atoms with Gasteiger partial charge in [0.1, 0.15) is 5.78 Å². The Bertz CT molecular complexity index is 828. The number of allylic oxidation sites excluding steroid dienone is 1. The van der Waals surface area contributed by atoms with Crippen LogP contribution in [0.25, 0.3) is 0 Å². The first kappa shape index (κ1) is 19.5. The first-order valence-electron chi connectivity index (χ1n) is 11.7. The summed E-state index contributed by atoms with van der Waals surface area (Å²) >= 11 is 0. The summed E-state index contributed by atoms with van der Waals surface area (Å²) < 4.78 is 6.33. The highest BCUT2D eigenvalue weighted by Gasteiger charge is 2.76. The van der Waals surface area contributed by atoms with Crippen molar-refractivity contribution in [3.63, 3.8) is 0 Å². The van der Waals surface area contributed by atoms with E-state index in [1.165, 1.54) is 36.8 Å². The van der Waals surface area contributed by atoms with Gasteiger partial charge in [0.25, 0.3) is 0 Å². The van der Waals surface area contributed by atoms with E-state index in [1.54, 1.807) is 0 Å². The first-order valence-corrected chi connectivity index (χ1v) is 11.7. The third-order valence-corrected chi connectivity index (χ3v) is 9.92. The number of carbonyl (C=O) groups excluding carboxylic acids is 1. The Labute approximate surface area is 176 Å². The summed E-state index contributed by atoms with van der Waals surface area (Å²) in [7, 11) is 0. The molecule has 0 aromatic heterocycles. The summed E-state index contributed by atoms with van der Waals surface area (Å²) in [6, 6.07) is 10.5. The standard InChI is InChI=1S/C27H36O2/c1-20-17-26-15-7-11-23(28)27(20,26)16-12-22-24(2,13-8-14-25(22,26)3)19-29-18-21-9-5-4-6-10-21/h4-6,9-10,22H,1,7-8,11-19H2,2-3H3/t22-,24-,25-,26-,27-/m0/s1. The molecule has 0 unspecified atom stereocenters. The van der Waals surface area contributed by atoms with Gasteiger partial charge in [-0.3, -0.25) is 4.79 Å². The molecular formula is C27H36O2. The number of benzene rings is 1. The molecule has 0 saturated heterocycles. The Morgan fingerprint density at radius 2 is 1.86 bits per heavy atom. The van der Waals surface area contributed by atoms with E-state index in [1.807, 2.05) is 0 Å². The van der Waals surface area contributed by atoms with Crippen LogP contribution in [-0.2, 0) is 16.1 Å². The third kappa shape index (κ3) is 2.42. The van der Waals surface area contributed by atoms with Crippen LogP contribution >= 0.6 is 0 Å². The molecule has 5 atom stereocenters. The highest BCUT2D eigenvalue weighted by Crippen LogP contribution is 2.81. The van der Waals surface area contributed by atoms with Gasteiger partial charge in [-0.15, -0.1) is 0 Å². The number of hydrogen-bond acceptors (Lipinski definition) is 2. The average Bonchev–Trinajstić information content (AvgIpc) is 2.69. The SMILES string of the molecule is C=C1C[C@]23CCCC(=O)[C@]12CC[C@H]1[C@](C)(COCc2ccccc2)CCC[C@@]13C. The van der Waals surface area contributed by atoms with E-state index in [0.29, 0.717) is 18.3 Å². The van der Waals surface area contributed by atoms with Gasteiger partial charge < -0.3 is 4.74 Å². The van der Waals surface area contributed by atoms with E-state index in [9.17, 15) is 4.79 Å². The maximum absolute atomic E-state index is 13.2. The largest absolute Gasteiger partial charge is 0.376 e. The molecule has 2 heteroatoms. The Morgan fingerprint density at radius 3 is 2.62 bits per heavy atom. The van der Waals surface area contributed by atoms with Crippen molar-refractivity contribution in [3.05, 3.63) is 48.0 Å². The lowest BCUT2D eigenvalue weighted by Gasteiger charge is -2.76. The van der Waals surface area contributed by atoms with Crippen LogP contribution in [0.2, 0.25) is 0 Å². The van der Waals surface area contributed by atoms with Crippen molar-refractivity contribution in [2.24, 2.45) is 27.6 Å². The molecule has 0 spiro atoms. The smallest absolute Gasteiger partial charge is 0.143 e. The van der Waals surface area contributed by atoms with Crippen molar-refractivity contribution in [1.82, 2.24) is 0 Å². The maximum Gasteiger partial charge on any atom is 0.143 e. The predicted octanol–water partition coefficient (Wildman–Crippen LogP) is 6.50.